The van der Waals surface area contributed by atoms with Gasteiger partial charge in [-0.25, -0.2) is 4.79 Å². The Labute approximate surface area is 148 Å². The van der Waals surface area contributed by atoms with Gasteiger partial charge in [0.25, 0.3) is 5.69 Å². The van der Waals surface area contributed by atoms with Crippen LogP contribution in [-0.4, -0.2) is 25.1 Å². The number of rotatable bonds is 5. The van der Waals surface area contributed by atoms with Gasteiger partial charge in [0.15, 0.2) is 11.5 Å². The monoisotopic (exact) mass is 357 g/mol. The molecule has 134 valence electrons. The Hall–Kier alpha value is -3.55. The summed E-state index contributed by atoms with van der Waals surface area (Å²) >= 11 is 0. The van der Waals surface area contributed by atoms with Crippen LogP contribution >= 0.6 is 0 Å². The fourth-order valence-electron chi connectivity index (χ4n) is 2.53. The van der Waals surface area contributed by atoms with Crippen LogP contribution < -0.4 is 14.2 Å². The van der Waals surface area contributed by atoms with Crippen molar-refractivity contribution in [3.63, 3.8) is 0 Å². The molecule has 0 fully saturated rings. The number of nitrogens with zero attached hydrogens (tertiary/aromatic N) is 1. The summed E-state index contributed by atoms with van der Waals surface area (Å²) in [6, 6.07) is 8.89. The molecule has 0 aliphatic heterocycles. The van der Waals surface area contributed by atoms with Gasteiger partial charge in [0.2, 0.25) is 5.76 Å². The first kappa shape index (κ1) is 17.3. The van der Waals surface area contributed by atoms with Gasteiger partial charge < -0.3 is 18.6 Å². The average molecular weight is 357 g/mol. The molecule has 2 aromatic carbocycles. The molecule has 26 heavy (non-hydrogen) atoms. The number of esters is 1. The van der Waals surface area contributed by atoms with Crippen molar-refractivity contribution in [3.05, 3.63) is 57.8 Å². The third-order valence-corrected chi connectivity index (χ3v) is 3.89. The SMILES string of the molecule is COc1ccc2oc(C(=O)Oc3cc([N+](=O)[O-])ccc3OC)c(C)c2c1. The number of benzene rings is 2. The highest BCUT2D eigenvalue weighted by molar-refractivity contribution is 5.97. The first-order chi connectivity index (χ1) is 12.4. The third-order valence-electron chi connectivity index (χ3n) is 3.89. The minimum atomic E-state index is -0.781. The van der Waals surface area contributed by atoms with Crippen LogP contribution in [0.15, 0.2) is 40.8 Å². The average Bonchev–Trinajstić information content (AvgIpc) is 2.97. The summed E-state index contributed by atoms with van der Waals surface area (Å²) in [5, 5.41) is 11.6. The molecule has 0 bridgehead atoms. The highest BCUT2D eigenvalue weighted by Gasteiger charge is 2.23. The normalized spacial score (nSPS) is 10.6. The lowest BCUT2D eigenvalue weighted by Crippen LogP contribution is -2.09. The lowest BCUT2D eigenvalue weighted by Gasteiger charge is -2.08. The quantitative estimate of drug-likeness (QED) is 0.295. The van der Waals surface area contributed by atoms with Gasteiger partial charge in [-0.1, -0.05) is 0 Å². The number of aryl methyl sites for hydroxylation is 1. The predicted molar refractivity (Wildman–Crippen MR) is 92.1 cm³/mol. The maximum atomic E-state index is 12.5. The van der Waals surface area contributed by atoms with Gasteiger partial charge in [-0.2, -0.15) is 0 Å². The Morgan fingerprint density at radius 3 is 2.50 bits per heavy atom. The summed E-state index contributed by atoms with van der Waals surface area (Å²) in [5.41, 5.74) is 0.856. The molecule has 0 amide bonds. The van der Waals surface area contributed by atoms with Crippen LogP contribution in [0.4, 0.5) is 5.69 Å². The Balaban J connectivity index is 1.98. The number of carbonyl (C=O) groups is 1. The highest BCUT2D eigenvalue weighted by atomic mass is 16.6. The van der Waals surface area contributed by atoms with Crippen molar-refractivity contribution in [2.45, 2.75) is 6.92 Å². The Morgan fingerprint density at radius 2 is 1.85 bits per heavy atom. The molecule has 0 aliphatic rings. The zero-order valence-corrected chi connectivity index (χ0v) is 14.3. The fraction of sp³-hybridized carbons (Fsp3) is 0.167. The van der Waals surface area contributed by atoms with Gasteiger partial charge in [0.05, 0.1) is 25.2 Å². The second-order valence-electron chi connectivity index (χ2n) is 5.40. The molecular formula is C18H15NO7. The number of furan rings is 1. The molecule has 3 aromatic rings. The Kier molecular flexibility index (Phi) is 4.49. The molecule has 8 heteroatoms. The minimum absolute atomic E-state index is 0.00168. The topological polar surface area (TPSA) is 101 Å². The van der Waals surface area contributed by atoms with Crippen LogP contribution in [0.5, 0.6) is 17.2 Å². The molecule has 8 nitrogen and oxygen atoms in total. The summed E-state index contributed by atoms with van der Waals surface area (Å²) < 4.78 is 21.1. The zero-order valence-electron chi connectivity index (χ0n) is 14.3. The van der Waals surface area contributed by atoms with Crippen molar-refractivity contribution in [3.8, 4) is 17.2 Å². The van der Waals surface area contributed by atoms with Gasteiger partial charge in [-0.3, -0.25) is 10.1 Å². The molecular weight excluding hydrogens is 342 g/mol. The van der Waals surface area contributed by atoms with E-state index in [9.17, 15) is 14.9 Å². The summed E-state index contributed by atoms with van der Waals surface area (Å²) in [6.07, 6.45) is 0. The molecule has 0 aliphatic carbocycles. The van der Waals surface area contributed by atoms with E-state index in [2.05, 4.69) is 0 Å². The molecule has 0 radical (unpaired) electrons. The third kappa shape index (κ3) is 3.04. The highest BCUT2D eigenvalue weighted by Crippen LogP contribution is 2.33. The Morgan fingerprint density at radius 1 is 1.08 bits per heavy atom. The number of hydrogen-bond acceptors (Lipinski definition) is 7. The number of fused-ring (bicyclic) bond motifs is 1. The molecule has 0 saturated heterocycles. The number of methoxy groups -OCH3 is 2. The first-order valence-electron chi connectivity index (χ1n) is 7.56. The first-order valence-corrected chi connectivity index (χ1v) is 7.56. The van der Waals surface area contributed by atoms with E-state index in [0.717, 1.165) is 6.07 Å². The van der Waals surface area contributed by atoms with E-state index in [1.165, 1.54) is 19.2 Å². The zero-order chi connectivity index (χ0) is 18.8. The van der Waals surface area contributed by atoms with E-state index in [1.807, 2.05) is 0 Å². The molecule has 0 saturated carbocycles. The number of nitro groups is 1. The maximum absolute atomic E-state index is 12.5. The van der Waals surface area contributed by atoms with E-state index in [-0.39, 0.29) is 22.9 Å². The molecule has 0 spiro atoms. The second-order valence-corrected chi connectivity index (χ2v) is 5.40. The maximum Gasteiger partial charge on any atom is 0.380 e. The van der Waals surface area contributed by atoms with Crippen LogP contribution in [-0.2, 0) is 0 Å². The van der Waals surface area contributed by atoms with Crippen molar-refractivity contribution >= 4 is 22.6 Å². The Bertz CT molecular complexity index is 1010. The van der Waals surface area contributed by atoms with Crippen molar-refractivity contribution in [2.24, 2.45) is 0 Å². The van der Waals surface area contributed by atoms with E-state index in [1.54, 1.807) is 32.2 Å². The van der Waals surface area contributed by atoms with E-state index >= 15 is 0 Å². The molecule has 0 N–H and O–H groups in total. The molecule has 0 unspecified atom stereocenters. The molecule has 1 aromatic heterocycles. The molecule has 3 rings (SSSR count). The molecule has 0 atom stereocenters. The van der Waals surface area contributed by atoms with Gasteiger partial charge in [-0.15, -0.1) is 0 Å². The van der Waals surface area contributed by atoms with Crippen LogP contribution in [0.1, 0.15) is 16.1 Å². The van der Waals surface area contributed by atoms with Crippen LogP contribution in [0.3, 0.4) is 0 Å². The van der Waals surface area contributed by atoms with Gasteiger partial charge in [0, 0.05) is 17.0 Å². The largest absolute Gasteiger partial charge is 0.497 e. The lowest BCUT2D eigenvalue weighted by atomic mass is 10.1. The van der Waals surface area contributed by atoms with E-state index < -0.39 is 10.9 Å². The lowest BCUT2D eigenvalue weighted by molar-refractivity contribution is -0.384. The number of carbonyl (C=O) groups excluding carboxylic acids is 1. The second kappa shape index (κ2) is 6.75. The smallest absolute Gasteiger partial charge is 0.380 e. The summed E-state index contributed by atoms with van der Waals surface area (Å²) in [4.78, 5) is 22.9. The van der Waals surface area contributed by atoms with Crippen molar-refractivity contribution in [1.82, 2.24) is 0 Å². The van der Waals surface area contributed by atoms with Gasteiger partial charge >= 0.3 is 5.97 Å². The number of non-ortho nitro benzene ring substituents is 1. The number of nitro benzene ring substituents is 1. The van der Waals surface area contributed by atoms with E-state index in [0.29, 0.717) is 22.3 Å². The van der Waals surface area contributed by atoms with Crippen molar-refractivity contribution < 1.29 is 28.3 Å². The fourth-order valence-corrected chi connectivity index (χ4v) is 2.53. The van der Waals surface area contributed by atoms with Crippen molar-refractivity contribution in [1.29, 1.82) is 0 Å². The van der Waals surface area contributed by atoms with Crippen LogP contribution in [0, 0.1) is 17.0 Å². The summed E-state index contributed by atoms with van der Waals surface area (Å²) in [7, 11) is 2.91. The molecule has 1 heterocycles. The van der Waals surface area contributed by atoms with Gasteiger partial charge in [-0.05, 0) is 31.2 Å². The summed E-state index contributed by atoms with van der Waals surface area (Å²) in [5.74, 6) is -0.0246. The standard InChI is InChI=1S/C18H15NO7/c1-10-13-9-12(23-2)5-7-14(13)25-17(10)18(20)26-16-8-11(19(21)22)4-6-15(16)24-3/h4-9H,1-3H3. The number of ether oxygens (including phenoxy) is 3. The van der Waals surface area contributed by atoms with Crippen LogP contribution in [0.25, 0.3) is 11.0 Å². The minimum Gasteiger partial charge on any atom is -0.497 e. The predicted octanol–water partition coefficient (Wildman–Crippen LogP) is 3.89. The van der Waals surface area contributed by atoms with Gasteiger partial charge in [0.1, 0.15) is 11.3 Å². The van der Waals surface area contributed by atoms with Crippen LogP contribution in [0.2, 0.25) is 0 Å². The number of hydrogen-bond donors (Lipinski definition) is 0. The van der Waals surface area contributed by atoms with E-state index in [4.69, 9.17) is 18.6 Å². The van der Waals surface area contributed by atoms with Crippen molar-refractivity contribution in [2.75, 3.05) is 14.2 Å². The summed E-state index contributed by atoms with van der Waals surface area (Å²) in [6.45, 7) is 1.71.